The second-order valence-corrected chi connectivity index (χ2v) is 7.36. The van der Waals surface area contributed by atoms with Gasteiger partial charge in [-0.2, -0.15) is 0 Å². The predicted molar refractivity (Wildman–Crippen MR) is 106 cm³/mol. The highest BCUT2D eigenvalue weighted by molar-refractivity contribution is 5.82. The minimum atomic E-state index is -0.200. The molecule has 0 aliphatic carbocycles. The molecule has 27 heavy (non-hydrogen) atoms. The van der Waals surface area contributed by atoms with Crippen LogP contribution in [-0.4, -0.2) is 52.2 Å². The van der Waals surface area contributed by atoms with Gasteiger partial charge in [0.1, 0.15) is 5.82 Å². The van der Waals surface area contributed by atoms with Crippen molar-refractivity contribution >= 4 is 10.9 Å². The van der Waals surface area contributed by atoms with E-state index in [1.807, 2.05) is 18.2 Å². The molecule has 2 N–H and O–H groups in total. The van der Waals surface area contributed by atoms with Crippen LogP contribution in [0.4, 0.5) is 4.39 Å². The number of hydrogen-bond donors (Lipinski definition) is 2. The highest BCUT2D eigenvalue weighted by atomic mass is 19.1. The zero-order chi connectivity index (χ0) is 18.6. The van der Waals surface area contributed by atoms with Crippen LogP contribution in [0.15, 0.2) is 54.7 Å². The van der Waals surface area contributed by atoms with Gasteiger partial charge in [-0.15, -0.1) is 0 Å². The van der Waals surface area contributed by atoms with Gasteiger partial charge in [-0.25, -0.2) is 4.39 Å². The maximum atomic E-state index is 13.1. The topological polar surface area (TPSA) is 42.5 Å². The van der Waals surface area contributed by atoms with Crippen LogP contribution < -0.4 is 0 Å². The van der Waals surface area contributed by atoms with Gasteiger partial charge >= 0.3 is 0 Å². The van der Waals surface area contributed by atoms with Gasteiger partial charge in [0, 0.05) is 62.5 Å². The third-order valence-corrected chi connectivity index (χ3v) is 5.52. The third-order valence-electron chi connectivity index (χ3n) is 5.52. The van der Waals surface area contributed by atoms with Crippen LogP contribution in [0.2, 0.25) is 0 Å². The molecule has 0 spiro atoms. The molecule has 0 saturated carbocycles. The Morgan fingerprint density at radius 2 is 1.85 bits per heavy atom. The molecule has 1 fully saturated rings. The summed E-state index contributed by atoms with van der Waals surface area (Å²) in [6.45, 7) is 4.77. The van der Waals surface area contributed by atoms with E-state index >= 15 is 0 Å². The Labute approximate surface area is 159 Å². The van der Waals surface area contributed by atoms with Crippen molar-refractivity contribution in [2.45, 2.75) is 25.6 Å². The van der Waals surface area contributed by atoms with Crippen molar-refractivity contribution in [3.8, 4) is 0 Å². The van der Waals surface area contributed by atoms with E-state index < -0.39 is 0 Å². The van der Waals surface area contributed by atoms with E-state index in [1.165, 1.54) is 28.6 Å². The van der Waals surface area contributed by atoms with Gasteiger partial charge in [-0.3, -0.25) is 9.80 Å². The van der Waals surface area contributed by atoms with Crippen molar-refractivity contribution < 1.29 is 9.50 Å². The largest absolute Gasteiger partial charge is 0.396 e. The number of benzene rings is 2. The molecule has 1 aliphatic heterocycles. The molecular weight excluding hydrogens is 341 g/mol. The van der Waals surface area contributed by atoms with Crippen molar-refractivity contribution in [3.63, 3.8) is 0 Å². The van der Waals surface area contributed by atoms with E-state index in [0.717, 1.165) is 44.7 Å². The number of hydrogen-bond acceptors (Lipinski definition) is 3. The first kappa shape index (κ1) is 18.2. The number of para-hydroxylation sites is 1. The molecule has 0 unspecified atom stereocenters. The Balaban J connectivity index is 1.43. The smallest absolute Gasteiger partial charge is 0.123 e. The van der Waals surface area contributed by atoms with Gasteiger partial charge in [0.05, 0.1) is 0 Å². The zero-order valence-corrected chi connectivity index (χ0v) is 15.4. The molecule has 2 aromatic carbocycles. The van der Waals surface area contributed by atoms with E-state index in [-0.39, 0.29) is 12.4 Å². The van der Waals surface area contributed by atoms with Crippen LogP contribution in [0.5, 0.6) is 0 Å². The van der Waals surface area contributed by atoms with E-state index in [2.05, 4.69) is 39.2 Å². The molecule has 2 heterocycles. The van der Waals surface area contributed by atoms with Gasteiger partial charge < -0.3 is 10.1 Å². The number of H-pyrrole nitrogens is 1. The van der Waals surface area contributed by atoms with Crippen molar-refractivity contribution in [1.82, 2.24) is 14.8 Å². The molecule has 1 saturated heterocycles. The van der Waals surface area contributed by atoms with Gasteiger partial charge in [0.15, 0.2) is 0 Å². The number of piperazine rings is 1. The summed E-state index contributed by atoms with van der Waals surface area (Å²) in [5, 5.41) is 10.8. The molecule has 4 rings (SSSR count). The lowest BCUT2D eigenvalue weighted by molar-refractivity contribution is 0.0501. The van der Waals surface area contributed by atoms with Gasteiger partial charge in [0.2, 0.25) is 0 Å². The Morgan fingerprint density at radius 1 is 1.04 bits per heavy atom. The van der Waals surface area contributed by atoms with E-state index in [4.69, 9.17) is 0 Å². The SMILES string of the molecule is OCC[C@H]1CN(Cc2c[nH]c3ccccc23)CCN1Cc1ccc(F)cc1. The molecule has 4 nitrogen and oxygen atoms in total. The summed E-state index contributed by atoms with van der Waals surface area (Å²) in [5.74, 6) is -0.200. The van der Waals surface area contributed by atoms with Gasteiger partial charge in [-0.05, 0) is 35.7 Å². The number of nitrogens with one attached hydrogen (secondary N) is 1. The highest BCUT2D eigenvalue weighted by Crippen LogP contribution is 2.22. The second kappa shape index (κ2) is 8.21. The first-order chi connectivity index (χ1) is 13.2. The summed E-state index contributed by atoms with van der Waals surface area (Å²) in [6.07, 6.45) is 2.86. The van der Waals surface area contributed by atoms with Crippen LogP contribution in [-0.2, 0) is 13.1 Å². The number of nitrogens with zero attached hydrogens (tertiary/aromatic N) is 2. The predicted octanol–water partition coefficient (Wildman–Crippen LogP) is 3.38. The van der Waals surface area contributed by atoms with Crippen molar-refractivity contribution in [2.24, 2.45) is 0 Å². The molecule has 5 heteroatoms. The quantitative estimate of drug-likeness (QED) is 0.702. The number of aliphatic hydroxyl groups excluding tert-OH is 1. The summed E-state index contributed by atoms with van der Waals surface area (Å²) in [4.78, 5) is 8.23. The maximum Gasteiger partial charge on any atom is 0.123 e. The lowest BCUT2D eigenvalue weighted by Gasteiger charge is -2.41. The number of aromatic nitrogens is 1. The Hall–Kier alpha value is -2.21. The Bertz CT molecular complexity index is 877. The summed E-state index contributed by atoms with van der Waals surface area (Å²) >= 11 is 0. The first-order valence-electron chi connectivity index (χ1n) is 9.59. The zero-order valence-electron chi connectivity index (χ0n) is 15.4. The Morgan fingerprint density at radius 3 is 2.67 bits per heavy atom. The maximum absolute atomic E-state index is 13.1. The van der Waals surface area contributed by atoms with Crippen molar-refractivity contribution in [2.75, 3.05) is 26.2 Å². The summed E-state index contributed by atoms with van der Waals surface area (Å²) in [5.41, 5.74) is 3.61. The number of rotatable bonds is 6. The van der Waals surface area contributed by atoms with E-state index in [1.54, 1.807) is 0 Å². The molecule has 142 valence electrons. The number of halogens is 1. The first-order valence-corrected chi connectivity index (χ1v) is 9.59. The molecule has 1 aliphatic rings. The fraction of sp³-hybridized carbons (Fsp3) is 0.364. The monoisotopic (exact) mass is 367 g/mol. The average Bonchev–Trinajstić information content (AvgIpc) is 3.09. The summed E-state index contributed by atoms with van der Waals surface area (Å²) in [6, 6.07) is 15.4. The van der Waals surface area contributed by atoms with E-state index in [9.17, 15) is 9.50 Å². The normalized spacial score (nSPS) is 19.0. The molecule has 1 atom stereocenters. The van der Waals surface area contributed by atoms with Crippen LogP contribution >= 0.6 is 0 Å². The van der Waals surface area contributed by atoms with Crippen LogP contribution in [0.25, 0.3) is 10.9 Å². The third kappa shape index (κ3) is 4.21. The highest BCUT2D eigenvalue weighted by Gasteiger charge is 2.27. The molecule has 0 radical (unpaired) electrons. The van der Waals surface area contributed by atoms with Crippen molar-refractivity contribution in [3.05, 3.63) is 71.7 Å². The van der Waals surface area contributed by atoms with E-state index in [0.29, 0.717) is 6.04 Å². The minimum absolute atomic E-state index is 0.186. The van der Waals surface area contributed by atoms with Crippen LogP contribution in [0.3, 0.4) is 0 Å². The summed E-state index contributed by atoms with van der Waals surface area (Å²) in [7, 11) is 0. The lowest BCUT2D eigenvalue weighted by Crippen LogP contribution is -2.52. The minimum Gasteiger partial charge on any atom is -0.396 e. The lowest BCUT2D eigenvalue weighted by atomic mass is 10.1. The molecule has 1 aromatic heterocycles. The second-order valence-electron chi connectivity index (χ2n) is 7.36. The number of aromatic amines is 1. The fourth-order valence-corrected chi connectivity index (χ4v) is 4.06. The average molecular weight is 367 g/mol. The Kier molecular flexibility index (Phi) is 5.53. The number of aliphatic hydroxyl groups is 1. The number of fused-ring (bicyclic) bond motifs is 1. The molecule has 0 amide bonds. The van der Waals surface area contributed by atoms with Crippen LogP contribution in [0, 0.1) is 5.82 Å². The van der Waals surface area contributed by atoms with Gasteiger partial charge in [0.25, 0.3) is 0 Å². The fourth-order valence-electron chi connectivity index (χ4n) is 4.06. The van der Waals surface area contributed by atoms with Crippen molar-refractivity contribution in [1.29, 1.82) is 0 Å². The van der Waals surface area contributed by atoms with Gasteiger partial charge in [-0.1, -0.05) is 30.3 Å². The summed E-state index contributed by atoms with van der Waals surface area (Å²) < 4.78 is 13.1. The molecule has 0 bridgehead atoms. The van der Waals surface area contributed by atoms with Crippen LogP contribution in [0.1, 0.15) is 17.5 Å². The molecule has 3 aromatic rings. The standard InChI is InChI=1S/C22H26FN3O/c23-19-7-5-17(6-8-19)14-26-11-10-25(16-20(26)9-12-27)15-18-13-24-22-4-2-1-3-21(18)22/h1-8,13,20,24,27H,9-12,14-16H2/t20-/m0/s1. The molecular formula is C22H26FN3O.